The molecule has 1 amide bonds. The Morgan fingerprint density at radius 2 is 2.35 bits per heavy atom. The minimum absolute atomic E-state index is 0.130. The zero-order valence-corrected chi connectivity index (χ0v) is 10.8. The number of furan rings is 1. The molecule has 2 atom stereocenters. The van der Waals surface area contributed by atoms with Gasteiger partial charge in [-0.1, -0.05) is 6.42 Å². The van der Waals surface area contributed by atoms with Crippen LogP contribution < -0.4 is 5.32 Å². The molecule has 2 unspecified atom stereocenters. The average molecular weight is 256 g/mol. The lowest BCUT2D eigenvalue weighted by atomic mass is 9.89. The van der Waals surface area contributed by atoms with E-state index in [0.717, 1.165) is 31.4 Å². The van der Waals surface area contributed by atoms with Gasteiger partial charge in [0, 0.05) is 11.9 Å². The third-order valence-electron chi connectivity index (χ3n) is 3.23. The van der Waals surface area contributed by atoms with Crippen LogP contribution in [0.15, 0.2) is 16.5 Å². The van der Waals surface area contributed by atoms with E-state index in [0.29, 0.717) is 18.2 Å². The lowest BCUT2D eigenvalue weighted by Crippen LogP contribution is -2.31. The molecule has 0 radical (unpaired) electrons. The Morgan fingerprint density at radius 1 is 1.53 bits per heavy atom. The molecule has 17 heavy (non-hydrogen) atoms. The van der Waals surface area contributed by atoms with E-state index < -0.39 is 0 Å². The highest BCUT2D eigenvalue weighted by molar-refractivity contribution is 6.20. The van der Waals surface area contributed by atoms with Crippen molar-refractivity contribution in [2.45, 2.75) is 38.0 Å². The molecule has 0 aliphatic heterocycles. The fourth-order valence-corrected chi connectivity index (χ4v) is 2.70. The van der Waals surface area contributed by atoms with Gasteiger partial charge < -0.3 is 9.73 Å². The highest BCUT2D eigenvalue weighted by Gasteiger charge is 2.21. The molecule has 0 bridgehead atoms. The zero-order valence-electron chi connectivity index (χ0n) is 10.0. The summed E-state index contributed by atoms with van der Waals surface area (Å²) in [6.45, 7) is 2.53. The van der Waals surface area contributed by atoms with Crippen LogP contribution in [0, 0.1) is 12.8 Å². The molecule has 1 saturated carbocycles. The van der Waals surface area contributed by atoms with Crippen LogP contribution in [0.3, 0.4) is 0 Å². The van der Waals surface area contributed by atoms with Gasteiger partial charge in [-0.05, 0) is 44.2 Å². The number of rotatable bonds is 3. The number of carbonyl (C=O) groups is 1. The topological polar surface area (TPSA) is 42.2 Å². The van der Waals surface area contributed by atoms with E-state index in [-0.39, 0.29) is 11.3 Å². The van der Waals surface area contributed by atoms with Crippen LogP contribution >= 0.6 is 11.6 Å². The second-order valence-corrected chi connectivity index (χ2v) is 5.37. The van der Waals surface area contributed by atoms with Gasteiger partial charge in [0.15, 0.2) is 5.76 Å². The summed E-state index contributed by atoms with van der Waals surface area (Å²) in [4.78, 5) is 11.7. The first-order chi connectivity index (χ1) is 8.15. The Balaban J connectivity index is 1.80. The van der Waals surface area contributed by atoms with Gasteiger partial charge in [-0.2, -0.15) is 0 Å². The van der Waals surface area contributed by atoms with Gasteiger partial charge in [0.2, 0.25) is 0 Å². The van der Waals surface area contributed by atoms with Gasteiger partial charge in [-0.3, -0.25) is 4.79 Å². The molecular formula is C13H18ClNO2. The number of aryl methyl sites for hydroxylation is 1. The number of halogens is 1. The van der Waals surface area contributed by atoms with Crippen LogP contribution in [-0.2, 0) is 0 Å². The van der Waals surface area contributed by atoms with Crippen molar-refractivity contribution >= 4 is 17.5 Å². The van der Waals surface area contributed by atoms with E-state index >= 15 is 0 Å². The normalized spacial score (nSPS) is 24.6. The van der Waals surface area contributed by atoms with E-state index in [1.54, 1.807) is 12.1 Å². The van der Waals surface area contributed by atoms with Crippen molar-refractivity contribution in [2.75, 3.05) is 6.54 Å². The van der Waals surface area contributed by atoms with Gasteiger partial charge in [-0.15, -0.1) is 11.6 Å². The summed E-state index contributed by atoms with van der Waals surface area (Å²) < 4.78 is 5.27. The molecule has 1 aromatic heterocycles. The Bertz CT molecular complexity index is 389. The molecule has 0 saturated heterocycles. The maximum atomic E-state index is 11.7. The van der Waals surface area contributed by atoms with Gasteiger partial charge in [0.25, 0.3) is 5.91 Å². The smallest absolute Gasteiger partial charge is 0.287 e. The van der Waals surface area contributed by atoms with E-state index in [2.05, 4.69) is 5.32 Å². The number of carbonyl (C=O) groups excluding carboxylic acids is 1. The first-order valence-corrected chi connectivity index (χ1v) is 6.57. The van der Waals surface area contributed by atoms with Crippen molar-refractivity contribution in [2.24, 2.45) is 5.92 Å². The summed E-state index contributed by atoms with van der Waals surface area (Å²) in [5.74, 6) is 1.52. The van der Waals surface area contributed by atoms with E-state index in [1.165, 1.54) is 0 Å². The molecule has 0 aromatic carbocycles. The van der Waals surface area contributed by atoms with Crippen LogP contribution in [0.25, 0.3) is 0 Å². The van der Waals surface area contributed by atoms with Crippen LogP contribution in [-0.4, -0.2) is 17.8 Å². The lowest BCUT2D eigenvalue weighted by Gasteiger charge is -2.25. The standard InChI is InChI=1S/C13H18ClNO2/c1-9-5-6-12(17-9)13(16)15-8-10-3-2-4-11(14)7-10/h5-6,10-11H,2-4,7-8H2,1H3,(H,15,16). The Morgan fingerprint density at radius 3 is 3.00 bits per heavy atom. The fourth-order valence-electron chi connectivity index (χ4n) is 2.29. The Labute approximate surface area is 107 Å². The van der Waals surface area contributed by atoms with Crippen molar-refractivity contribution in [3.8, 4) is 0 Å². The molecule has 1 heterocycles. The lowest BCUT2D eigenvalue weighted by molar-refractivity contribution is 0.0914. The van der Waals surface area contributed by atoms with Crippen LogP contribution in [0.4, 0.5) is 0 Å². The summed E-state index contributed by atoms with van der Waals surface area (Å²) in [6, 6.07) is 3.50. The predicted molar refractivity (Wildman–Crippen MR) is 67.4 cm³/mol. The van der Waals surface area contributed by atoms with Gasteiger partial charge >= 0.3 is 0 Å². The van der Waals surface area contributed by atoms with Gasteiger partial charge in [0.05, 0.1) is 0 Å². The first-order valence-electron chi connectivity index (χ1n) is 6.14. The highest BCUT2D eigenvalue weighted by atomic mass is 35.5. The fraction of sp³-hybridized carbons (Fsp3) is 0.615. The van der Waals surface area contributed by atoms with E-state index in [4.69, 9.17) is 16.0 Å². The third kappa shape index (κ3) is 3.50. The quantitative estimate of drug-likeness (QED) is 0.844. The second kappa shape index (κ2) is 5.58. The van der Waals surface area contributed by atoms with Crippen molar-refractivity contribution in [3.63, 3.8) is 0 Å². The zero-order chi connectivity index (χ0) is 12.3. The van der Waals surface area contributed by atoms with Crippen LogP contribution in [0.1, 0.15) is 42.0 Å². The van der Waals surface area contributed by atoms with E-state index in [9.17, 15) is 4.79 Å². The molecule has 2 rings (SSSR count). The number of nitrogens with one attached hydrogen (secondary N) is 1. The number of hydrogen-bond donors (Lipinski definition) is 1. The highest BCUT2D eigenvalue weighted by Crippen LogP contribution is 2.27. The Hall–Kier alpha value is -0.960. The predicted octanol–water partition coefficient (Wildman–Crippen LogP) is 3.12. The Kier molecular flexibility index (Phi) is 4.11. The maximum Gasteiger partial charge on any atom is 0.287 e. The summed E-state index contributed by atoms with van der Waals surface area (Å²) in [6.07, 6.45) is 4.41. The summed E-state index contributed by atoms with van der Waals surface area (Å²) in [7, 11) is 0. The molecule has 94 valence electrons. The van der Waals surface area contributed by atoms with Crippen molar-refractivity contribution in [1.82, 2.24) is 5.32 Å². The van der Waals surface area contributed by atoms with Crippen LogP contribution in [0.5, 0.6) is 0 Å². The molecule has 1 N–H and O–H groups in total. The SMILES string of the molecule is Cc1ccc(C(=O)NCC2CCCC(Cl)C2)o1. The van der Waals surface area contributed by atoms with Gasteiger partial charge in [-0.25, -0.2) is 0 Å². The molecule has 1 fully saturated rings. The molecule has 4 heteroatoms. The first kappa shape index (κ1) is 12.5. The number of amides is 1. The summed E-state index contributed by atoms with van der Waals surface area (Å²) >= 11 is 6.12. The molecule has 0 spiro atoms. The maximum absolute atomic E-state index is 11.7. The average Bonchev–Trinajstić information content (AvgIpc) is 2.73. The van der Waals surface area contributed by atoms with Gasteiger partial charge in [0.1, 0.15) is 5.76 Å². The van der Waals surface area contributed by atoms with Crippen LogP contribution in [0.2, 0.25) is 0 Å². The molecule has 3 nitrogen and oxygen atoms in total. The van der Waals surface area contributed by atoms with Crippen molar-refractivity contribution in [3.05, 3.63) is 23.7 Å². The third-order valence-corrected chi connectivity index (χ3v) is 3.63. The minimum atomic E-state index is -0.130. The van der Waals surface area contributed by atoms with E-state index in [1.807, 2.05) is 6.92 Å². The molecular weight excluding hydrogens is 238 g/mol. The number of hydrogen-bond acceptors (Lipinski definition) is 2. The minimum Gasteiger partial charge on any atom is -0.456 e. The second-order valence-electron chi connectivity index (χ2n) is 4.75. The summed E-state index contributed by atoms with van der Waals surface area (Å²) in [5.41, 5.74) is 0. The monoisotopic (exact) mass is 255 g/mol. The molecule has 1 aliphatic rings. The largest absolute Gasteiger partial charge is 0.456 e. The molecule has 1 aromatic rings. The molecule has 1 aliphatic carbocycles. The number of alkyl halides is 1. The van der Waals surface area contributed by atoms with Crippen molar-refractivity contribution in [1.29, 1.82) is 0 Å². The van der Waals surface area contributed by atoms with Crippen molar-refractivity contribution < 1.29 is 9.21 Å². The summed E-state index contributed by atoms with van der Waals surface area (Å²) in [5, 5.41) is 3.19.